The van der Waals surface area contributed by atoms with E-state index in [9.17, 15) is 0 Å². The molecule has 17 heavy (non-hydrogen) atoms. The quantitative estimate of drug-likeness (QED) is 0.873. The van der Waals surface area contributed by atoms with Gasteiger partial charge in [0.1, 0.15) is 0 Å². The maximum Gasteiger partial charge on any atom is 0.162 e. The molecular formula is C13H20N2O2. The summed E-state index contributed by atoms with van der Waals surface area (Å²) in [6.07, 6.45) is 1.12. The summed E-state index contributed by atoms with van der Waals surface area (Å²) in [7, 11) is 5.45. The van der Waals surface area contributed by atoms with Crippen molar-refractivity contribution in [2.45, 2.75) is 19.4 Å². The second-order valence-electron chi connectivity index (χ2n) is 4.28. The summed E-state index contributed by atoms with van der Waals surface area (Å²) in [6, 6.07) is 4.56. The van der Waals surface area contributed by atoms with Crippen LogP contribution in [-0.2, 0) is 0 Å². The highest BCUT2D eigenvalue weighted by Gasteiger charge is 2.23. The monoisotopic (exact) mass is 236 g/mol. The molecule has 1 aromatic carbocycles. The largest absolute Gasteiger partial charge is 0.493 e. The molecule has 1 aromatic rings. The van der Waals surface area contributed by atoms with Crippen molar-refractivity contribution in [3.05, 3.63) is 12.1 Å². The topological polar surface area (TPSA) is 33.7 Å². The molecule has 1 heterocycles. The van der Waals surface area contributed by atoms with Crippen molar-refractivity contribution in [2.24, 2.45) is 0 Å². The second kappa shape index (κ2) is 4.73. The minimum Gasteiger partial charge on any atom is -0.493 e. The van der Waals surface area contributed by atoms with Gasteiger partial charge in [0, 0.05) is 31.8 Å². The van der Waals surface area contributed by atoms with Gasteiger partial charge >= 0.3 is 0 Å². The number of likely N-dealkylation sites (N-methyl/N-ethyl adjacent to an activating group) is 1. The fourth-order valence-corrected chi connectivity index (χ4v) is 2.28. The van der Waals surface area contributed by atoms with Crippen LogP contribution in [0, 0.1) is 0 Å². The lowest BCUT2D eigenvalue weighted by Crippen LogP contribution is -2.40. The van der Waals surface area contributed by atoms with Crippen LogP contribution in [0.1, 0.15) is 13.3 Å². The third-order valence-electron chi connectivity index (χ3n) is 3.43. The van der Waals surface area contributed by atoms with E-state index in [0.29, 0.717) is 6.04 Å². The number of fused-ring (bicyclic) bond motifs is 1. The molecule has 4 nitrogen and oxygen atoms in total. The Morgan fingerprint density at radius 2 is 1.94 bits per heavy atom. The predicted molar refractivity (Wildman–Crippen MR) is 70.5 cm³/mol. The summed E-state index contributed by atoms with van der Waals surface area (Å²) >= 11 is 0. The normalized spacial score (nSPS) is 18.4. The van der Waals surface area contributed by atoms with E-state index in [1.165, 1.54) is 5.69 Å². The molecule has 4 heteroatoms. The fraction of sp³-hybridized carbons (Fsp3) is 0.538. The maximum absolute atomic E-state index is 5.34. The Morgan fingerprint density at radius 3 is 2.53 bits per heavy atom. The first-order valence-corrected chi connectivity index (χ1v) is 5.94. The number of hydrogen-bond acceptors (Lipinski definition) is 4. The maximum atomic E-state index is 5.34. The van der Waals surface area contributed by atoms with Crippen LogP contribution in [0.3, 0.4) is 0 Å². The van der Waals surface area contributed by atoms with Crippen LogP contribution in [0.15, 0.2) is 12.1 Å². The number of methoxy groups -OCH3 is 2. The van der Waals surface area contributed by atoms with E-state index in [-0.39, 0.29) is 0 Å². The molecule has 0 spiro atoms. The fourth-order valence-electron chi connectivity index (χ4n) is 2.28. The zero-order valence-corrected chi connectivity index (χ0v) is 10.9. The summed E-state index contributed by atoms with van der Waals surface area (Å²) in [5.41, 5.74) is 2.27. The average Bonchev–Trinajstić information content (AvgIpc) is 2.38. The highest BCUT2D eigenvalue weighted by Crippen LogP contribution is 2.40. The van der Waals surface area contributed by atoms with Crippen molar-refractivity contribution in [3.8, 4) is 11.5 Å². The van der Waals surface area contributed by atoms with E-state index >= 15 is 0 Å². The Hall–Kier alpha value is -1.58. The van der Waals surface area contributed by atoms with Crippen LogP contribution in [0.25, 0.3) is 0 Å². The Bertz CT molecular complexity index is 407. The van der Waals surface area contributed by atoms with E-state index in [4.69, 9.17) is 9.47 Å². The Labute approximate surface area is 103 Å². The van der Waals surface area contributed by atoms with E-state index in [0.717, 1.165) is 30.2 Å². The molecule has 2 rings (SSSR count). The van der Waals surface area contributed by atoms with Crippen LogP contribution in [-0.4, -0.2) is 33.9 Å². The molecule has 1 unspecified atom stereocenters. The standard InChI is InChI=1S/C13H20N2O2/c1-5-9-8-14-10-6-12(16-3)13(17-4)7-11(10)15(9)2/h6-7,9,14H,5,8H2,1-4H3. The Kier molecular flexibility index (Phi) is 3.31. The third-order valence-corrected chi connectivity index (χ3v) is 3.43. The van der Waals surface area contributed by atoms with Gasteiger partial charge in [0.05, 0.1) is 25.6 Å². The molecule has 0 fully saturated rings. The number of ether oxygens (including phenoxy) is 2. The molecule has 0 saturated carbocycles. The van der Waals surface area contributed by atoms with Crippen LogP contribution < -0.4 is 19.7 Å². The van der Waals surface area contributed by atoms with Gasteiger partial charge in [0.25, 0.3) is 0 Å². The minimum atomic E-state index is 0.528. The molecule has 1 N–H and O–H groups in total. The number of nitrogens with zero attached hydrogens (tertiary/aromatic N) is 1. The van der Waals surface area contributed by atoms with Crippen LogP contribution >= 0.6 is 0 Å². The van der Waals surface area contributed by atoms with E-state index in [1.807, 2.05) is 12.1 Å². The van der Waals surface area contributed by atoms with Crippen LogP contribution in [0.4, 0.5) is 11.4 Å². The first kappa shape index (κ1) is 11.9. The SMILES string of the molecule is CCC1CNc2cc(OC)c(OC)cc2N1C. The zero-order valence-electron chi connectivity index (χ0n) is 10.9. The molecule has 0 aliphatic carbocycles. The number of rotatable bonds is 3. The molecule has 0 saturated heterocycles. The molecule has 0 radical (unpaired) electrons. The summed E-state index contributed by atoms with van der Waals surface area (Å²) in [6.45, 7) is 3.17. The molecule has 0 bridgehead atoms. The van der Waals surface area contributed by atoms with Crippen molar-refractivity contribution in [1.82, 2.24) is 0 Å². The van der Waals surface area contributed by atoms with Crippen molar-refractivity contribution in [3.63, 3.8) is 0 Å². The van der Waals surface area contributed by atoms with Gasteiger partial charge in [-0.1, -0.05) is 6.92 Å². The number of anilines is 2. The summed E-state index contributed by atoms with van der Waals surface area (Å²) in [5.74, 6) is 1.54. The van der Waals surface area contributed by atoms with Gasteiger partial charge in [-0.3, -0.25) is 0 Å². The van der Waals surface area contributed by atoms with Gasteiger partial charge in [-0.25, -0.2) is 0 Å². The lowest BCUT2D eigenvalue weighted by Gasteiger charge is -2.36. The Balaban J connectivity index is 2.43. The lowest BCUT2D eigenvalue weighted by molar-refractivity contribution is 0.355. The first-order valence-electron chi connectivity index (χ1n) is 5.94. The van der Waals surface area contributed by atoms with Gasteiger partial charge in [0.2, 0.25) is 0 Å². The number of benzene rings is 1. The van der Waals surface area contributed by atoms with Gasteiger partial charge in [-0.2, -0.15) is 0 Å². The van der Waals surface area contributed by atoms with Crippen LogP contribution in [0.5, 0.6) is 11.5 Å². The predicted octanol–water partition coefficient (Wildman–Crippen LogP) is 2.34. The molecule has 1 atom stereocenters. The zero-order chi connectivity index (χ0) is 12.4. The molecule has 1 aliphatic rings. The molecule has 0 amide bonds. The average molecular weight is 236 g/mol. The smallest absolute Gasteiger partial charge is 0.162 e. The van der Waals surface area contributed by atoms with E-state index < -0.39 is 0 Å². The van der Waals surface area contributed by atoms with Crippen LogP contribution in [0.2, 0.25) is 0 Å². The number of hydrogen-bond donors (Lipinski definition) is 1. The van der Waals surface area contributed by atoms with E-state index in [1.54, 1.807) is 14.2 Å². The third kappa shape index (κ3) is 1.99. The molecular weight excluding hydrogens is 216 g/mol. The van der Waals surface area contributed by atoms with Gasteiger partial charge < -0.3 is 19.7 Å². The number of nitrogens with one attached hydrogen (secondary N) is 1. The van der Waals surface area contributed by atoms with Crippen molar-refractivity contribution >= 4 is 11.4 Å². The summed E-state index contributed by atoms with van der Waals surface area (Å²) in [4.78, 5) is 2.30. The summed E-state index contributed by atoms with van der Waals surface area (Å²) < 4.78 is 10.6. The first-order chi connectivity index (χ1) is 8.21. The Morgan fingerprint density at radius 1 is 1.29 bits per heavy atom. The summed E-state index contributed by atoms with van der Waals surface area (Å²) in [5, 5.41) is 3.44. The van der Waals surface area contributed by atoms with Crippen molar-refractivity contribution in [1.29, 1.82) is 0 Å². The molecule has 0 aromatic heterocycles. The lowest BCUT2D eigenvalue weighted by atomic mass is 10.1. The van der Waals surface area contributed by atoms with Gasteiger partial charge in [-0.05, 0) is 6.42 Å². The van der Waals surface area contributed by atoms with Gasteiger partial charge in [0.15, 0.2) is 11.5 Å². The highest BCUT2D eigenvalue weighted by molar-refractivity contribution is 5.77. The molecule has 1 aliphatic heterocycles. The van der Waals surface area contributed by atoms with Crippen molar-refractivity contribution < 1.29 is 9.47 Å². The minimum absolute atomic E-state index is 0.528. The molecule has 94 valence electrons. The van der Waals surface area contributed by atoms with Crippen molar-refractivity contribution in [2.75, 3.05) is 38.0 Å². The van der Waals surface area contributed by atoms with Gasteiger partial charge in [-0.15, -0.1) is 0 Å². The highest BCUT2D eigenvalue weighted by atomic mass is 16.5. The van der Waals surface area contributed by atoms with E-state index in [2.05, 4.69) is 24.2 Å². The second-order valence-corrected chi connectivity index (χ2v) is 4.28.